The fourth-order valence-electron chi connectivity index (χ4n) is 2.64. The third-order valence-electron chi connectivity index (χ3n) is 3.58. The molecule has 2 heterocycles. The van der Waals surface area contributed by atoms with Crippen molar-refractivity contribution in [3.05, 3.63) is 0 Å². The van der Waals surface area contributed by atoms with Gasteiger partial charge in [0.15, 0.2) is 0 Å². The molecule has 0 aromatic rings. The van der Waals surface area contributed by atoms with E-state index in [2.05, 4.69) is 0 Å². The summed E-state index contributed by atoms with van der Waals surface area (Å²) in [4.78, 5) is 10.9. The van der Waals surface area contributed by atoms with Crippen molar-refractivity contribution < 1.29 is 22.6 Å². The third kappa shape index (κ3) is 2.46. The Balaban J connectivity index is 2.16. The first-order chi connectivity index (χ1) is 8.03. The lowest BCUT2D eigenvalue weighted by molar-refractivity contribution is -0.777. The number of nitrogens with one attached hydrogen (secondary N) is 1. The van der Waals surface area contributed by atoms with E-state index in [1.165, 1.54) is 4.31 Å². The summed E-state index contributed by atoms with van der Waals surface area (Å²) < 4.78 is 26.2. The molecule has 2 aliphatic rings. The van der Waals surface area contributed by atoms with Crippen LogP contribution >= 0.6 is 0 Å². The van der Waals surface area contributed by atoms with Gasteiger partial charge in [-0.2, -0.15) is 12.7 Å². The van der Waals surface area contributed by atoms with Gasteiger partial charge in [-0.1, -0.05) is 6.42 Å². The van der Waals surface area contributed by atoms with Gasteiger partial charge in [-0.15, -0.1) is 0 Å². The molecule has 98 valence electrons. The van der Waals surface area contributed by atoms with Crippen LogP contribution in [0.25, 0.3) is 0 Å². The lowest BCUT2D eigenvalue weighted by Gasteiger charge is -2.30. The van der Waals surface area contributed by atoms with E-state index in [4.69, 9.17) is 0 Å². The molecule has 0 amide bonds. The number of piperidine rings is 1. The highest BCUT2D eigenvalue weighted by Crippen LogP contribution is 2.12. The van der Waals surface area contributed by atoms with Crippen LogP contribution in [0.3, 0.4) is 0 Å². The van der Waals surface area contributed by atoms with Crippen molar-refractivity contribution in [2.45, 2.75) is 38.1 Å². The Morgan fingerprint density at radius 2 is 1.82 bits per heavy atom. The quantitative estimate of drug-likeness (QED) is 0.610. The van der Waals surface area contributed by atoms with E-state index >= 15 is 0 Å². The van der Waals surface area contributed by atoms with Crippen LogP contribution in [0.5, 0.6) is 0 Å². The average molecular weight is 262 g/mol. The number of nitrogens with zero attached hydrogens (tertiary/aromatic N) is 1. The van der Waals surface area contributed by atoms with Gasteiger partial charge < -0.3 is 9.90 Å². The summed E-state index contributed by atoms with van der Waals surface area (Å²) in [6.45, 7) is 1.41. The van der Waals surface area contributed by atoms with Gasteiger partial charge in [-0.3, -0.25) is 0 Å². The Kier molecular flexibility index (Phi) is 3.70. The van der Waals surface area contributed by atoms with Gasteiger partial charge in [0.1, 0.15) is 12.0 Å². The van der Waals surface area contributed by atoms with Crippen LogP contribution in [-0.4, -0.2) is 44.4 Å². The zero-order valence-electron chi connectivity index (χ0n) is 9.72. The fraction of sp³-hybridized carbons (Fsp3) is 0.900. The standard InChI is InChI=1S/C10H18N2O4S/c13-10(14)9-5-4-8-12(9)17(15,16)11-6-2-1-3-7-11/h9H,1-8H2,(H,13,14)/t9-/m0/s1. The molecule has 0 aromatic carbocycles. The molecule has 1 unspecified atom stereocenters. The molecular formula is C10H18N2O4S. The largest absolute Gasteiger partial charge is 0.544 e. The molecular weight excluding hydrogens is 244 g/mol. The van der Waals surface area contributed by atoms with Crippen molar-refractivity contribution in [3.8, 4) is 0 Å². The molecule has 2 atom stereocenters. The zero-order valence-corrected chi connectivity index (χ0v) is 10.5. The number of hydrogen-bond acceptors (Lipinski definition) is 4. The molecule has 0 aromatic heterocycles. The van der Waals surface area contributed by atoms with E-state index < -0.39 is 22.2 Å². The number of carbonyl (C=O) groups is 1. The molecule has 2 saturated heterocycles. The van der Waals surface area contributed by atoms with Crippen LogP contribution in [-0.2, 0) is 15.0 Å². The van der Waals surface area contributed by atoms with Crippen molar-refractivity contribution in [2.24, 2.45) is 0 Å². The van der Waals surface area contributed by atoms with E-state index in [1.54, 1.807) is 0 Å². The van der Waals surface area contributed by atoms with Gasteiger partial charge >= 0.3 is 10.2 Å². The number of rotatable bonds is 3. The third-order valence-corrected chi connectivity index (χ3v) is 5.77. The summed E-state index contributed by atoms with van der Waals surface area (Å²) in [6, 6.07) is -0.901. The molecule has 17 heavy (non-hydrogen) atoms. The Morgan fingerprint density at radius 3 is 2.41 bits per heavy atom. The lowest BCUT2D eigenvalue weighted by atomic mass is 10.2. The highest BCUT2D eigenvalue weighted by atomic mass is 32.2. The first-order valence-electron chi connectivity index (χ1n) is 6.10. The zero-order chi connectivity index (χ0) is 12.5. The van der Waals surface area contributed by atoms with Gasteiger partial charge in [0.2, 0.25) is 0 Å². The molecule has 2 aliphatic heterocycles. The maximum Gasteiger partial charge on any atom is 0.371 e. The second-order valence-corrected chi connectivity index (χ2v) is 6.69. The van der Waals surface area contributed by atoms with Crippen LogP contribution in [0, 0.1) is 0 Å². The summed E-state index contributed by atoms with van der Waals surface area (Å²) in [6.07, 6.45) is 3.79. The van der Waals surface area contributed by atoms with Gasteiger partial charge in [0.25, 0.3) is 0 Å². The van der Waals surface area contributed by atoms with Crippen molar-refractivity contribution in [1.29, 1.82) is 0 Å². The number of aliphatic carboxylic acids is 1. The first kappa shape index (κ1) is 12.8. The summed E-state index contributed by atoms with van der Waals surface area (Å²) in [5, 5.41) is 10.9. The van der Waals surface area contributed by atoms with Crippen molar-refractivity contribution in [3.63, 3.8) is 0 Å². The SMILES string of the molecule is O=C([O-])[C@@H]1CCC[NH+]1S(=O)(=O)N1CCCCC1. The monoisotopic (exact) mass is 262 g/mol. The Hall–Kier alpha value is -0.660. The van der Waals surface area contributed by atoms with Gasteiger partial charge in [-0.25, -0.2) is 4.31 Å². The highest BCUT2D eigenvalue weighted by Gasteiger charge is 2.42. The first-order valence-corrected chi connectivity index (χ1v) is 7.54. The molecule has 0 radical (unpaired) electrons. The minimum Gasteiger partial charge on any atom is -0.544 e. The molecule has 6 nitrogen and oxygen atoms in total. The molecule has 0 spiro atoms. The number of carboxylic acid groups (broad SMARTS) is 1. The normalized spacial score (nSPS) is 31.5. The Labute approximate surface area is 101 Å². The Morgan fingerprint density at radius 1 is 1.18 bits per heavy atom. The maximum atomic E-state index is 12.3. The van der Waals surface area contributed by atoms with Crippen LogP contribution in [0.15, 0.2) is 0 Å². The number of hydrogen-bond donors (Lipinski definition) is 1. The van der Waals surface area contributed by atoms with Gasteiger partial charge in [0, 0.05) is 25.9 Å². The average Bonchev–Trinajstić information content (AvgIpc) is 2.80. The summed E-state index contributed by atoms with van der Waals surface area (Å²) >= 11 is 0. The summed E-state index contributed by atoms with van der Waals surface area (Å²) in [5.41, 5.74) is 0. The van der Waals surface area contributed by atoms with Gasteiger partial charge in [-0.05, 0) is 12.8 Å². The minimum absolute atomic E-state index is 0.166. The predicted octanol–water partition coefficient (Wildman–Crippen LogP) is -2.49. The summed E-state index contributed by atoms with van der Waals surface area (Å²) in [5.74, 6) is -1.25. The highest BCUT2D eigenvalue weighted by molar-refractivity contribution is 7.82. The molecule has 0 aliphatic carbocycles. The predicted molar refractivity (Wildman–Crippen MR) is 58.2 cm³/mol. The lowest BCUT2D eigenvalue weighted by Crippen LogP contribution is -3.18. The number of carboxylic acids is 1. The topological polar surface area (TPSA) is 81.9 Å². The maximum absolute atomic E-state index is 12.3. The van der Waals surface area contributed by atoms with Gasteiger partial charge in [0.05, 0.1) is 6.54 Å². The van der Waals surface area contributed by atoms with Crippen LogP contribution in [0.1, 0.15) is 32.1 Å². The smallest absolute Gasteiger partial charge is 0.371 e. The second kappa shape index (κ2) is 4.91. The van der Waals surface area contributed by atoms with E-state index in [1.807, 2.05) is 0 Å². The van der Waals surface area contributed by atoms with Crippen molar-refractivity contribution in [2.75, 3.05) is 19.6 Å². The van der Waals surface area contributed by atoms with E-state index in [-0.39, 0.29) is 4.31 Å². The van der Waals surface area contributed by atoms with E-state index in [0.29, 0.717) is 32.5 Å². The molecule has 2 rings (SSSR count). The molecule has 0 bridgehead atoms. The minimum atomic E-state index is -3.53. The summed E-state index contributed by atoms with van der Waals surface area (Å²) in [7, 11) is -3.53. The number of carbonyl (C=O) groups excluding carboxylic acids is 1. The number of quaternary nitrogens is 1. The van der Waals surface area contributed by atoms with Crippen LogP contribution < -0.4 is 9.41 Å². The molecule has 7 heteroatoms. The Bertz CT molecular complexity index is 389. The van der Waals surface area contributed by atoms with Crippen LogP contribution in [0.2, 0.25) is 0 Å². The molecule has 0 saturated carbocycles. The molecule has 2 fully saturated rings. The van der Waals surface area contributed by atoms with E-state index in [0.717, 1.165) is 19.3 Å². The second-order valence-electron chi connectivity index (χ2n) is 4.69. The van der Waals surface area contributed by atoms with E-state index in [9.17, 15) is 18.3 Å². The fourth-order valence-corrected chi connectivity index (χ4v) is 4.69. The molecule has 1 N–H and O–H groups in total. The van der Waals surface area contributed by atoms with Crippen molar-refractivity contribution >= 4 is 16.2 Å². The van der Waals surface area contributed by atoms with Crippen molar-refractivity contribution in [1.82, 2.24) is 4.31 Å². The van der Waals surface area contributed by atoms with Crippen LogP contribution in [0.4, 0.5) is 0 Å².